The molecular formula is C13H19N5O. The molecule has 0 aliphatic heterocycles. The van der Waals surface area contributed by atoms with Gasteiger partial charge in [0.05, 0.1) is 23.5 Å². The molecule has 0 atom stereocenters. The third-order valence-electron chi connectivity index (χ3n) is 3.10. The quantitative estimate of drug-likeness (QED) is 0.785. The van der Waals surface area contributed by atoms with Crippen LogP contribution in [0.2, 0.25) is 0 Å². The number of carbonyl (C=O) groups is 1. The molecule has 2 aromatic heterocycles. The van der Waals surface area contributed by atoms with E-state index in [-0.39, 0.29) is 5.91 Å². The molecule has 0 bridgehead atoms. The average Bonchev–Trinajstić information content (AvgIpc) is 2.86. The van der Waals surface area contributed by atoms with E-state index < -0.39 is 0 Å². The van der Waals surface area contributed by atoms with Crippen LogP contribution in [0.15, 0.2) is 24.8 Å². The first-order valence-electron chi connectivity index (χ1n) is 6.47. The summed E-state index contributed by atoms with van der Waals surface area (Å²) in [4.78, 5) is 18.1. The normalized spacial score (nSPS) is 10.8. The maximum atomic E-state index is 12.3. The predicted molar refractivity (Wildman–Crippen MR) is 72.9 cm³/mol. The first-order chi connectivity index (χ1) is 9.24. The summed E-state index contributed by atoms with van der Waals surface area (Å²) in [5.41, 5.74) is 6.78. The van der Waals surface area contributed by atoms with Crippen molar-refractivity contribution in [2.24, 2.45) is 5.73 Å². The number of fused-ring (bicyclic) bond motifs is 1. The van der Waals surface area contributed by atoms with Crippen LogP contribution in [0.3, 0.4) is 0 Å². The Bertz CT molecular complexity index is 551. The molecule has 0 aromatic carbocycles. The van der Waals surface area contributed by atoms with Crippen molar-refractivity contribution in [1.82, 2.24) is 19.5 Å². The first-order valence-corrected chi connectivity index (χ1v) is 6.47. The van der Waals surface area contributed by atoms with E-state index in [1.54, 1.807) is 34.2 Å². The summed E-state index contributed by atoms with van der Waals surface area (Å²) in [7, 11) is 1.81. The molecule has 102 valence electrons. The number of nitrogens with zero attached hydrogens (tertiary/aromatic N) is 4. The van der Waals surface area contributed by atoms with E-state index in [2.05, 4.69) is 10.1 Å². The molecule has 2 rings (SSSR count). The average molecular weight is 261 g/mol. The molecule has 2 aromatic rings. The maximum absolute atomic E-state index is 12.3. The van der Waals surface area contributed by atoms with E-state index in [0.29, 0.717) is 12.1 Å². The van der Waals surface area contributed by atoms with Gasteiger partial charge in [0, 0.05) is 26.0 Å². The van der Waals surface area contributed by atoms with Crippen LogP contribution in [0.1, 0.15) is 29.6 Å². The second kappa shape index (κ2) is 6.29. The Balaban J connectivity index is 2.02. The van der Waals surface area contributed by atoms with E-state index in [0.717, 1.165) is 31.3 Å². The van der Waals surface area contributed by atoms with Crippen LogP contribution in [0.25, 0.3) is 5.52 Å². The highest BCUT2D eigenvalue weighted by Crippen LogP contribution is 2.11. The van der Waals surface area contributed by atoms with E-state index in [9.17, 15) is 4.79 Å². The predicted octanol–water partition coefficient (Wildman–Crippen LogP) is 0.930. The number of nitrogens with two attached hydrogens (primary N) is 1. The van der Waals surface area contributed by atoms with E-state index in [1.165, 1.54) is 0 Å². The second-order valence-corrected chi connectivity index (χ2v) is 4.54. The SMILES string of the molecule is CN(CCCCCN)C(=O)c1cnn2ccncc12. The second-order valence-electron chi connectivity index (χ2n) is 4.54. The van der Waals surface area contributed by atoms with Crippen molar-refractivity contribution in [3.05, 3.63) is 30.4 Å². The highest BCUT2D eigenvalue weighted by atomic mass is 16.2. The number of aromatic nitrogens is 3. The molecule has 0 aliphatic rings. The molecule has 0 fully saturated rings. The number of amides is 1. The molecule has 2 heterocycles. The molecule has 0 unspecified atom stereocenters. The zero-order valence-corrected chi connectivity index (χ0v) is 11.1. The molecule has 0 saturated carbocycles. The topological polar surface area (TPSA) is 76.5 Å². The molecule has 0 saturated heterocycles. The third-order valence-corrected chi connectivity index (χ3v) is 3.10. The Morgan fingerprint density at radius 2 is 2.21 bits per heavy atom. The fourth-order valence-electron chi connectivity index (χ4n) is 1.98. The lowest BCUT2D eigenvalue weighted by molar-refractivity contribution is 0.0794. The van der Waals surface area contributed by atoms with E-state index in [1.807, 2.05) is 7.05 Å². The summed E-state index contributed by atoms with van der Waals surface area (Å²) >= 11 is 0. The molecule has 6 heteroatoms. The van der Waals surface area contributed by atoms with Crippen LogP contribution < -0.4 is 5.73 Å². The number of hydrogen-bond donors (Lipinski definition) is 1. The molecule has 0 spiro atoms. The number of rotatable bonds is 6. The fraction of sp³-hybridized carbons (Fsp3) is 0.462. The van der Waals surface area contributed by atoms with Crippen LogP contribution in [-0.2, 0) is 0 Å². The van der Waals surface area contributed by atoms with Crippen molar-refractivity contribution in [3.8, 4) is 0 Å². The van der Waals surface area contributed by atoms with Gasteiger partial charge in [-0.25, -0.2) is 4.52 Å². The monoisotopic (exact) mass is 261 g/mol. The van der Waals surface area contributed by atoms with Crippen LogP contribution in [0, 0.1) is 0 Å². The first kappa shape index (κ1) is 13.5. The minimum absolute atomic E-state index is 0.0178. The van der Waals surface area contributed by atoms with Crippen molar-refractivity contribution in [1.29, 1.82) is 0 Å². The standard InChI is InChI=1S/C13H19N5O/c1-17(7-4-2-3-5-14)13(19)11-9-16-18-8-6-15-10-12(11)18/h6,8-10H,2-5,7,14H2,1H3. The lowest BCUT2D eigenvalue weighted by Crippen LogP contribution is -2.27. The van der Waals surface area contributed by atoms with Gasteiger partial charge in [0.15, 0.2) is 0 Å². The Labute approximate surface area is 112 Å². The van der Waals surface area contributed by atoms with Crippen molar-refractivity contribution < 1.29 is 4.79 Å². The van der Waals surface area contributed by atoms with Gasteiger partial charge in [-0.2, -0.15) is 5.10 Å². The third kappa shape index (κ3) is 3.08. The zero-order valence-electron chi connectivity index (χ0n) is 11.1. The van der Waals surface area contributed by atoms with Gasteiger partial charge in [0.25, 0.3) is 5.91 Å². The molecule has 19 heavy (non-hydrogen) atoms. The molecule has 0 aliphatic carbocycles. The molecular weight excluding hydrogens is 242 g/mol. The highest BCUT2D eigenvalue weighted by Gasteiger charge is 2.16. The largest absolute Gasteiger partial charge is 0.342 e. The lowest BCUT2D eigenvalue weighted by atomic mass is 10.2. The highest BCUT2D eigenvalue weighted by molar-refractivity contribution is 6.00. The number of carbonyl (C=O) groups excluding carboxylic acids is 1. The molecule has 1 amide bonds. The molecule has 2 N–H and O–H groups in total. The molecule has 6 nitrogen and oxygen atoms in total. The van der Waals surface area contributed by atoms with Crippen LogP contribution in [-0.4, -0.2) is 45.5 Å². The minimum Gasteiger partial charge on any atom is -0.342 e. The Morgan fingerprint density at radius 3 is 3.00 bits per heavy atom. The van der Waals surface area contributed by atoms with Gasteiger partial charge in [-0.05, 0) is 19.4 Å². The number of hydrogen-bond acceptors (Lipinski definition) is 4. The summed E-state index contributed by atoms with van der Waals surface area (Å²) in [6, 6.07) is 0. The van der Waals surface area contributed by atoms with Gasteiger partial charge in [0.1, 0.15) is 0 Å². The summed E-state index contributed by atoms with van der Waals surface area (Å²) < 4.78 is 1.66. The van der Waals surface area contributed by atoms with Crippen LogP contribution >= 0.6 is 0 Å². The summed E-state index contributed by atoms with van der Waals surface area (Å²) in [6.07, 6.45) is 9.64. The fourth-order valence-corrected chi connectivity index (χ4v) is 1.98. The van der Waals surface area contributed by atoms with Gasteiger partial charge >= 0.3 is 0 Å². The van der Waals surface area contributed by atoms with Crippen molar-refractivity contribution in [2.75, 3.05) is 20.1 Å². The Hall–Kier alpha value is -1.95. The smallest absolute Gasteiger partial charge is 0.257 e. The van der Waals surface area contributed by atoms with Gasteiger partial charge in [-0.1, -0.05) is 6.42 Å². The maximum Gasteiger partial charge on any atom is 0.257 e. The number of unbranched alkanes of at least 4 members (excludes halogenated alkanes) is 2. The summed E-state index contributed by atoms with van der Waals surface area (Å²) in [5, 5.41) is 4.14. The van der Waals surface area contributed by atoms with Gasteiger partial charge < -0.3 is 10.6 Å². The summed E-state index contributed by atoms with van der Waals surface area (Å²) in [6.45, 7) is 1.44. The van der Waals surface area contributed by atoms with E-state index >= 15 is 0 Å². The minimum atomic E-state index is -0.0178. The van der Waals surface area contributed by atoms with Crippen molar-refractivity contribution in [2.45, 2.75) is 19.3 Å². The van der Waals surface area contributed by atoms with Gasteiger partial charge in [-0.15, -0.1) is 0 Å². The van der Waals surface area contributed by atoms with Gasteiger partial charge in [0.2, 0.25) is 0 Å². The van der Waals surface area contributed by atoms with Crippen LogP contribution in [0.5, 0.6) is 0 Å². The zero-order chi connectivity index (χ0) is 13.7. The van der Waals surface area contributed by atoms with Gasteiger partial charge in [-0.3, -0.25) is 9.78 Å². The van der Waals surface area contributed by atoms with Crippen molar-refractivity contribution in [3.63, 3.8) is 0 Å². The Morgan fingerprint density at radius 1 is 1.37 bits per heavy atom. The summed E-state index contributed by atoms with van der Waals surface area (Å²) in [5.74, 6) is -0.0178. The van der Waals surface area contributed by atoms with Crippen LogP contribution in [0.4, 0.5) is 0 Å². The van der Waals surface area contributed by atoms with Crippen molar-refractivity contribution >= 4 is 11.4 Å². The molecule has 0 radical (unpaired) electrons. The van der Waals surface area contributed by atoms with E-state index in [4.69, 9.17) is 5.73 Å². The Kier molecular flexibility index (Phi) is 4.46. The lowest BCUT2D eigenvalue weighted by Gasteiger charge is -2.16.